The fourth-order valence-electron chi connectivity index (χ4n) is 6.11. The molecule has 3 fully saturated rings. The van der Waals surface area contributed by atoms with Crippen LogP contribution in [0.3, 0.4) is 0 Å². The fraction of sp³-hybridized carbons (Fsp3) is 0.731. The normalized spacial score (nSPS) is 25.6. The third kappa shape index (κ3) is 5.27. The van der Waals surface area contributed by atoms with Gasteiger partial charge in [0.05, 0.1) is 16.6 Å². The Hall–Kier alpha value is -1.97. The number of rotatable bonds is 5. The van der Waals surface area contributed by atoms with Crippen molar-refractivity contribution in [2.24, 2.45) is 5.92 Å². The van der Waals surface area contributed by atoms with Gasteiger partial charge in [0.2, 0.25) is 5.91 Å². The second-order valence-electron chi connectivity index (χ2n) is 10.6. The third-order valence-electron chi connectivity index (χ3n) is 8.45. The summed E-state index contributed by atoms with van der Waals surface area (Å²) in [6, 6.07) is 3.16. The third-order valence-corrected chi connectivity index (χ3v) is 9.58. The van der Waals surface area contributed by atoms with Crippen molar-refractivity contribution in [2.75, 3.05) is 39.4 Å². The van der Waals surface area contributed by atoms with Gasteiger partial charge in [0.25, 0.3) is 5.91 Å². The molecule has 2 aliphatic heterocycles. The van der Waals surface area contributed by atoms with Gasteiger partial charge in [-0.05, 0) is 64.4 Å². The van der Waals surface area contributed by atoms with Crippen LogP contribution in [0.5, 0.6) is 0 Å². The van der Waals surface area contributed by atoms with Gasteiger partial charge in [0.1, 0.15) is 4.83 Å². The van der Waals surface area contributed by atoms with Crippen molar-refractivity contribution in [3.8, 4) is 0 Å². The molecule has 0 bridgehead atoms. The zero-order chi connectivity index (χ0) is 24.5. The maximum atomic E-state index is 13.1. The zero-order valence-corrected chi connectivity index (χ0v) is 22.1. The summed E-state index contributed by atoms with van der Waals surface area (Å²) in [7, 11) is 0. The number of carbonyl (C=O) groups excluding carboxylic acids is 2. The number of hydrogen-bond donors (Lipinski definition) is 1. The van der Waals surface area contributed by atoms with Gasteiger partial charge in [0, 0.05) is 63.8 Å². The predicted molar refractivity (Wildman–Crippen MR) is 138 cm³/mol. The highest BCUT2D eigenvalue weighted by molar-refractivity contribution is 7.20. The van der Waals surface area contributed by atoms with Crippen molar-refractivity contribution >= 4 is 33.4 Å². The number of nitrogens with zero attached hydrogens (tertiary/aromatic N) is 4. The molecule has 2 aromatic rings. The quantitative estimate of drug-likeness (QED) is 0.677. The second-order valence-corrected chi connectivity index (χ2v) is 11.6. The molecule has 5 rings (SSSR count). The monoisotopic (exact) mass is 501 g/mol. The van der Waals surface area contributed by atoms with Gasteiger partial charge in [-0.15, -0.1) is 11.3 Å². The SMILES string of the molecule is CC(=O)N1CCN(C(C)[C@H]2CC[C@H](NC(=O)c3cc4c(C)nn(C5CCOCC5)c4s3)CC2)CC1. The summed E-state index contributed by atoms with van der Waals surface area (Å²) >= 11 is 1.57. The van der Waals surface area contributed by atoms with Crippen molar-refractivity contribution in [3.63, 3.8) is 0 Å². The van der Waals surface area contributed by atoms with Crippen LogP contribution in [-0.2, 0) is 9.53 Å². The van der Waals surface area contributed by atoms with Crippen LogP contribution < -0.4 is 5.32 Å². The first-order chi connectivity index (χ1) is 16.9. The molecular formula is C26H39N5O3S. The number of thiophene rings is 1. The van der Waals surface area contributed by atoms with E-state index in [2.05, 4.69) is 21.8 Å². The van der Waals surface area contributed by atoms with Crippen LogP contribution in [-0.4, -0.2) is 82.9 Å². The summed E-state index contributed by atoms with van der Waals surface area (Å²) in [5.74, 6) is 0.897. The maximum Gasteiger partial charge on any atom is 0.261 e. The number of aryl methyl sites for hydroxylation is 1. The Morgan fingerprint density at radius 2 is 1.77 bits per heavy atom. The summed E-state index contributed by atoms with van der Waals surface area (Å²) in [5.41, 5.74) is 1.00. The molecule has 1 aliphatic carbocycles. The minimum Gasteiger partial charge on any atom is -0.381 e. The average molecular weight is 502 g/mol. The highest BCUT2D eigenvalue weighted by Crippen LogP contribution is 2.34. The molecule has 35 heavy (non-hydrogen) atoms. The van der Waals surface area contributed by atoms with Crippen LogP contribution in [0.15, 0.2) is 6.07 Å². The highest BCUT2D eigenvalue weighted by atomic mass is 32.1. The lowest BCUT2D eigenvalue weighted by atomic mass is 9.81. The lowest BCUT2D eigenvalue weighted by molar-refractivity contribution is -0.131. The molecule has 1 atom stereocenters. The average Bonchev–Trinajstić information content (AvgIpc) is 3.45. The summed E-state index contributed by atoms with van der Waals surface area (Å²) in [6.07, 6.45) is 6.31. The van der Waals surface area contributed by atoms with E-state index in [-0.39, 0.29) is 17.9 Å². The van der Waals surface area contributed by atoms with E-state index < -0.39 is 0 Å². The van der Waals surface area contributed by atoms with E-state index >= 15 is 0 Å². The smallest absolute Gasteiger partial charge is 0.261 e. The van der Waals surface area contributed by atoms with E-state index in [0.717, 1.165) is 98.7 Å². The number of ether oxygens (including phenoxy) is 1. The van der Waals surface area contributed by atoms with E-state index in [1.807, 2.05) is 17.9 Å². The molecule has 4 heterocycles. The van der Waals surface area contributed by atoms with Crippen molar-refractivity contribution in [3.05, 3.63) is 16.6 Å². The van der Waals surface area contributed by atoms with Crippen LogP contribution >= 0.6 is 11.3 Å². The lowest BCUT2D eigenvalue weighted by Crippen LogP contribution is -2.53. The van der Waals surface area contributed by atoms with Gasteiger partial charge in [-0.3, -0.25) is 19.2 Å². The number of fused-ring (bicyclic) bond motifs is 1. The van der Waals surface area contributed by atoms with Crippen molar-refractivity contribution in [2.45, 2.75) is 77.4 Å². The van der Waals surface area contributed by atoms with Gasteiger partial charge in [-0.1, -0.05) is 0 Å². The number of aromatic nitrogens is 2. The summed E-state index contributed by atoms with van der Waals surface area (Å²) < 4.78 is 7.66. The number of piperazine rings is 1. The molecule has 1 saturated carbocycles. The predicted octanol–water partition coefficient (Wildman–Crippen LogP) is 3.60. The molecular weight excluding hydrogens is 462 g/mol. The van der Waals surface area contributed by atoms with Crippen LogP contribution in [0.4, 0.5) is 0 Å². The largest absolute Gasteiger partial charge is 0.381 e. The molecule has 3 aliphatic rings. The Kier molecular flexibility index (Phi) is 7.46. The molecule has 0 aromatic carbocycles. The number of amides is 2. The molecule has 0 radical (unpaired) electrons. The van der Waals surface area contributed by atoms with Crippen molar-refractivity contribution < 1.29 is 14.3 Å². The zero-order valence-electron chi connectivity index (χ0n) is 21.3. The molecule has 9 heteroatoms. The molecule has 1 unspecified atom stereocenters. The first-order valence-corrected chi connectivity index (χ1v) is 14.1. The number of hydrogen-bond acceptors (Lipinski definition) is 6. The summed E-state index contributed by atoms with van der Waals surface area (Å²) in [5, 5.41) is 9.21. The molecule has 192 valence electrons. The van der Waals surface area contributed by atoms with Crippen LogP contribution in [0.25, 0.3) is 10.2 Å². The second kappa shape index (κ2) is 10.6. The minimum atomic E-state index is 0.0565. The highest BCUT2D eigenvalue weighted by Gasteiger charge is 2.31. The Morgan fingerprint density at radius 3 is 2.43 bits per heavy atom. The molecule has 2 aromatic heterocycles. The Morgan fingerprint density at radius 1 is 1.09 bits per heavy atom. The number of nitrogens with one attached hydrogen (secondary N) is 1. The molecule has 8 nitrogen and oxygen atoms in total. The molecule has 1 N–H and O–H groups in total. The standard InChI is InChI=1S/C26H39N5O3S/c1-17-23-16-24(35-26(23)31(28-17)22-8-14-34-15-9-22)25(33)27-21-6-4-20(5-7-21)18(2)29-10-12-30(13-11-29)19(3)32/h16,18,20-22H,4-15H2,1-3H3,(H,27,33)/t18?,20-,21-. The van der Waals surface area contributed by atoms with E-state index in [4.69, 9.17) is 9.84 Å². The Labute approximate surface area is 212 Å². The number of carbonyl (C=O) groups is 2. The fourth-order valence-corrected chi connectivity index (χ4v) is 7.24. The minimum absolute atomic E-state index is 0.0565. The van der Waals surface area contributed by atoms with Crippen LogP contribution in [0.1, 0.15) is 73.8 Å². The summed E-state index contributed by atoms with van der Waals surface area (Å²) in [4.78, 5) is 31.1. The van der Waals surface area contributed by atoms with Crippen molar-refractivity contribution in [1.82, 2.24) is 24.9 Å². The Balaban J connectivity index is 1.15. The topological polar surface area (TPSA) is 79.7 Å². The summed E-state index contributed by atoms with van der Waals surface area (Å²) in [6.45, 7) is 11.2. The van der Waals surface area contributed by atoms with Gasteiger partial charge in [-0.2, -0.15) is 5.10 Å². The van der Waals surface area contributed by atoms with Gasteiger partial charge in [0.15, 0.2) is 0 Å². The first-order valence-electron chi connectivity index (χ1n) is 13.3. The van der Waals surface area contributed by atoms with E-state index in [0.29, 0.717) is 18.0 Å². The van der Waals surface area contributed by atoms with Crippen LogP contribution in [0.2, 0.25) is 0 Å². The maximum absolute atomic E-state index is 13.1. The van der Waals surface area contributed by atoms with Gasteiger partial charge in [-0.25, -0.2) is 0 Å². The first kappa shape index (κ1) is 24.7. The Bertz CT molecular complexity index is 1040. The lowest BCUT2D eigenvalue weighted by Gasteiger charge is -2.42. The molecule has 2 saturated heterocycles. The van der Waals surface area contributed by atoms with Crippen molar-refractivity contribution in [1.29, 1.82) is 0 Å². The van der Waals surface area contributed by atoms with Crippen LogP contribution in [0, 0.1) is 12.8 Å². The van der Waals surface area contributed by atoms with E-state index in [9.17, 15) is 9.59 Å². The van der Waals surface area contributed by atoms with E-state index in [1.54, 1.807) is 18.3 Å². The van der Waals surface area contributed by atoms with Gasteiger partial charge < -0.3 is 15.0 Å². The molecule has 2 amide bonds. The van der Waals surface area contributed by atoms with E-state index in [1.165, 1.54) is 0 Å². The molecule has 0 spiro atoms. The van der Waals surface area contributed by atoms with Gasteiger partial charge >= 0.3 is 0 Å².